The van der Waals surface area contributed by atoms with Crippen LogP contribution in [0.4, 0.5) is 11.5 Å². The Balaban J connectivity index is 1.63. The largest absolute Gasteiger partial charge is 0.480 e. The van der Waals surface area contributed by atoms with Gasteiger partial charge in [0.1, 0.15) is 6.10 Å². The van der Waals surface area contributed by atoms with Gasteiger partial charge in [-0.15, -0.1) is 0 Å². The van der Waals surface area contributed by atoms with E-state index in [1.807, 2.05) is 12.1 Å². The van der Waals surface area contributed by atoms with Gasteiger partial charge in [0, 0.05) is 18.4 Å². The maximum absolute atomic E-state index is 6.06. The third kappa shape index (κ3) is 1.97. The molecule has 4 nitrogen and oxygen atoms in total. The van der Waals surface area contributed by atoms with E-state index in [-0.39, 0.29) is 6.10 Å². The van der Waals surface area contributed by atoms with E-state index < -0.39 is 0 Å². The molecule has 0 amide bonds. The summed E-state index contributed by atoms with van der Waals surface area (Å²) < 4.78 is 6.06. The molecule has 2 aromatic rings. The summed E-state index contributed by atoms with van der Waals surface area (Å²) in [6, 6.07) is 10.5. The van der Waals surface area contributed by atoms with Gasteiger partial charge in [-0.2, -0.15) is 0 Å². The van der Waals surface area contributed by atoms with E-state index in [1.165, 1.54) is 23.2 Å². The van der Waals surface area contributed by atoms with Crippen molar-refractivity contribution in [3.63, 3.8) is 0 Å². The summed E-state index contributed by atoms with van der Waals surface area (Å²) in [6.45, 7) is 1.84. The van der Waals surface area contributed by atoms with Crippen molar-refractivity contribution < 1.29 is 4.74 Å². The molecule has 1 atom stereocenters. The van der Waals surface area contributed by atoms with Crippen LogP contribution in [0, 0.1) is 0 Å². The van der Waals surface area contributed by atoms with Crippen LogP contribution < -0.4 is 15.4 Å². The van der Waals surface area contributed by atoms with Crippen LogP contribution in [0.2, 0.25) is 0 Å². The number of aromatic nitrogens is 1. The Hall–Kier alpha value is -2.23. The van der Waals surface area contributed by atoms with E-state index in [2.05, 4.69) is 33.8 Å². The number of ether oxygens (including phenoxy) is 1. The van der Waals surface area contributed by atoms with Crippen molar-refractivity contribution in [3.8, 4) is 5.75 Å². The van der Waals surface area contributed by atoms with Gasteiger partial charge in [-0.1, -0.05) is 6.07 Å². The standard InChI is InChI=1S/C16H17N3O/c1-3-11-9-12(5-6-13(11)17-7-1)15-10-19-16-14(20-15)4-2-8-18-16/h2,4-6,8-9,15,17H,1,3,7,10H2,(H,18,19). The lowest BCUT2D eigenvalue weighted by Crippen LogP contribution is -2.24. The quantitative estimate of drug-likeness (QED) is 0.834. The van der Waals surface area contributed by atoms with Crippen LogP contribution >= 0.6 is 0 Å². The molecule has 1 aromatic carbocycles. The van der Waals surface area contributed by atoms with Crippen molar-refractivity contribution in [3.05, 3.63) is 47.7 Å². The molecule has 0 bridgehead atoms. The number of pyridine rings is 1. The first-order valence-corrected chi connectivity index (χ1v) is 7.12. The highest BCUT2D eigenvalue weighted by molar-refractivity contribution is 5.56. The van der Waals surface area contributed by atoms with Gasteiger partial charge in [0.05, 0.1) is 6.54 Å². The van der Waals surface area contributed by atoms with Crippen LogP contribution in [0.15, 0.2) is 36.5 Å². The third-order valence-corrected chi connectivity index (χ3v) is 3.93. The predicted octanol–water partition coefficient (Wildman–Crippen LogP) is 2.99. The molecule has 2 N–H and O–H groups in total. The molecular weight excluding hydrogens is 250 g/mol. The number of aryl methyl sites for hydroxylation is 1. The molecule has 0 aliphatic carbocycles. The Morgan fingerprint density at radius 1 is 1.20 bits per heavy atom. The van der Waals surface area contributed by atoms with Crippen LogP contribution in [-0.4, -0.2) is 18.1 Å². The smallest absolute Gasteiger partial charge is 0.168 e. The average Bonchev–Trinajstić information content (AvgIpc) is 2.54. The summed E-state index contributed by atoms with van der Waals surface area (Å²) in [5, 5.41) is 6.78. The number of hydrogen-bond acceptors (Lipinski definition) is 4. The monoisotopic (exact) mass is 267 g/mol. The normalized spacial score (nSPS) is 19.9. The summed E-state index contributed by atoms with van der Waals surface area (Å²) in [5.74, 6) is 1.67. The van der Waals surface area contributed by atoms with E-state index in [4.69, 9.17) is 4.74 Å². The second-order valence-corrected chi connectivity index (χ2v) is 5.28. The molecule has 4 heteroatoms. The van der Waals surface area contributed by atoms with Crippen LogP contribution in [0.25, 0.3) is 0 Å². The molecule has 1 aromatic heterocycles. The molecule has 3 heterocycles. The minimum absolute atomic E-state index is 0.0546. The van der Waals surface area contributed by atoms with Crippen molar-refractivity contribution in [2.24, 2.45) is 0 Å². The average molecular weight is 267 g/mol. The van der Waals surface area contributed by atoms with E-state index in [0.717, 1.165) is 31.1 Å². The lowest BCUT2D eigenvalue weighted by molar-refractivity contribution is 0.209. The molecule has 2 aliphatic heterocycles. The lowest BCUT2D eigenvalue weighted by Gasteiger charge is -2.28. The molecule has 102 valence electrons. The number of hydrogen-bond donors (Lipinski definition) is 2. The van der Waals surface area contributed by atoms with Crippen LogP contribution in [-0.2, 0) is 6.42 Å². The van der Waals surface area contributed by atoms with E-state index in [1.54, 1.807) is 6.20 Å². The zero-order valence-corrected chi connectivity index (χ0v) is 11.2. The van der Waals surface area contributed by atoms with Crippen LogP contribution in [0.1, 0.15) is 23.7 Å². The second kappa shape index (κ2) is 4.71. The van der Waals surface area contributed by atoms with Crippen molar-refractivity contribution in [2.75, 3.05) is 23.7 Å². The molecule has 0 spiro atoms. The molecule has 1 unspecified atom stereocenters. The van der Waals surface area contributed by atoms with Crippen molar-refractivity contribution in [1.29, 1.82) is 0 Å². The zero-order chi connectivity index (χ0) is 13.4. The first-order chi connectivity index (χ1) is 9.90. The third-order valence-electron chi connectivity index (χ3n) is 3.93. The molecule has 0 fully saturated rings. The summed E-state index contributed by atoms with van der Waals surface area (Å²) in [4.78, 5) is 4.27. The minimum Gasteiger partial charge on any atom is -0.480 e. The summed E-state index contributed by atoms with van der Waals surface area (Å²) in [7, 11) is 0. The lowest BCUT2D eigenvalue weighted by atomic mass is 9.98. The van der Waals surface area contributed by atoms with Crippen LogP contribution in [0.5, 0.6) is 5.75 Å². The van der Waals surface area contributed by atoms with Crippen molar-refractivity contribution in [2.45, 2.75) is 18.9 Å². The van der Waals surface area contributed by atoms with Gasteiger partial charge in [-0.05, 0) is 48.2 Å². The molecule has 0 saturated carbocycles. The molecular formula is C16H17N3O. The molecule has 4 rings (SSSR count). The maximum atomic E-state index is 6.06. The first-order valence-electron chi connectivity index (χ1n) is 7.12. The van der Waals surface area contributed by atoms with Gasteiger partial charge in [0.2, 0.25) is 0 Å². The van der Waals surface area contributed by atoms with E-state index in [9.17, 15) is 0 Å². The predicted molar refractivity (Wildman–Crippen MR) is 79.3 cm³/mol. The fourth-order valence-electron chi connectivity index (χ4n) is 2.88. The zero-order valence-electron chi connectivity index (χ0n) is 11.2. The Morgan fingerprint density at radius 3 is 3.20 bits per heavy atom. The van der Waals surface area contributed by atoms with Gasteiger partial charge >= 0.3 is 0 Å². The minimum atomic E-state index is 0.0546. The molecule has 0 radical (unpaired) electrons. The summed E-state index contributed by atoms with van der Waals surface area (Å²) in [6.07, 6.45) is 4.18. The maximum Gasteiger partial charge on any atom is 0.168 e. The number of nitrogens with one attached hydrogen (secondary N) is 2. The van der Waals surface area contributed by atoms with E-state index in [0.29, 0.717) is 0 Å². The highest BCUT2D eigenvalue weighted by Crippen LogP contribution is 2.33. The Morgan fingerprint density at radius 2 is 2.20 bits per heavy atom. The van der Waals surface area contributed by atoms with Gasteiger partial charge in [0.25, 0.3) is 0 Å². The van der Waals surface area contributed by atoms with E-state index >= 15 is 0 Å². The molecule has 0 saturated heterocycles. The fraction of sp³-hybridized carbons (Fsp3) is 0.312. The molecule has 20 heavy (non-hydrogen) atoms. The van der Waals surface area contributed by atoms with Gasteiger partial charge < -0.3 is 15.4 Å². The number of anilines is 2. The first kappa shape index (κ1) is 11.6. The number of benzene rings is 1. The highest BCUT2D eigenvalue weighted by atomic mass is 16.5. The second-order valence-electron chi connectivity index (χ2n) is 5.28. The van der Waals surface area contributed by atoms with Gasteiger partial charge in [-0.3, -0.25) is 0 Å². The Bertz CT molecular complexity index is 641. The summed E-state index contributed by atoms with van der Waals surface area (Å²) >= 11 is 0. The van der Waals surface area contributed by atoms with Crippen molar-refractivity contribution in [1.82, 2.24) is 4.98 Å². The fourth-order valence-corrected chi connectivity index (χ4v) is 2.88. The number of rotatable bonds is 1. The van der Waals surface area contributed by atoms with Crippen molar-refractivity contribution >= 4 is 11.5 Å². The SMILES string of the molecule is c1cnc2c(c1)OC(c1ccc3c(c1)CCCN3)CN2. The van der Waals surface area contributed by atoms with Gasteiger partial charge in [0.15, 0.2) is 11.6 Å². The van der Waals surface area contributed by atoms with Gasteiger partial charge in [-0.25, -0.2) is 4.98 Å². The number of nitrogens with zero attached hydrogens (tertiary/aromatic N) is 1. The summed E-state index contributed by atoms with van der Waals surface area (Å²) in [5.41, 5.74) is 3.90. The molecule has 2 aliphatic rings. The number of fused-ring (bicyclic) bond motifs is 2. The Kier molecular flexibility index (Phi) is 2.73. The Labute approximate surface area is 118 Å². The highest BCUT2D eigenvalue weighted by Gasteiger charge is 2.22. The topological polar surface area (TPSA) is 46.2 Å². The van der Waals surface area contributed by atoms with Crippen LogP contribution in [0.3, 0.4) is 0 Å².